The number of cyclic esters (lactones) is 2. The molecular weight excluding hydrogens is 326 g/mol. The van der Waals surface area contributed by atoms with Crippen molar-refractivity contribution < 1.29 is 23.2 Å². The molecular formula is C17H15NO5Si. The summed E-state index contributed by atoms with van der Waals surface area (Å²) in [7, 11) is 0.224. The Morgan fingerprint density at radius 3 is 1.75 bits per heavy atom. The number of rotatable bonds is 3. The SMILES string of the molecule is CO[Si](C#N)(OC)c1ccccc1.O=C1OC(=O)c2ccccc21. The van der Waals surface area contributed by atoms with Crippen molar-refractivity contribution in [2.24, 2.45) is 0 Å². The molecule has 7 heteroatoms. The minimum Gasteiger partial charge on any atom is -0.386 e. The highest BCUT2D eigenvalue weighted by atomic mass is 28.4. The molecule has 0 amide bonds. The summed E-state index contributed by atoms with van der Waals surface area (Å²) < 4.78 is 14.7. The van der Waals surface area contributed by atoms with Gasteiger partial charge in [-0.1, -0.05) is 42.5 Å². The van der Waals surface area contributed by atoms with E-state index < -0.39 is 20.5 Å². The molecule has 1 heterocycles. The number of nitriles is 1. The number of fused-ring (bicyclic) bond motifs is 1. The van der Waals surface area contributed by atoms with E-state index >= 15 is 0 Å². The van der Waals surface area contributed by atoms with Gasteiger partial charge >= 0.3 is 20.5 Å². The Morgan fingerprint density at radius 2 is 1.33 bits per heavy atom. The third kappa shape index (κ3) is 3.41. The number of ether oxygens (including phenoxy) is 1. The van der Waals surface area contributed by atoms with E-state index in [1.807, 2.05) is 30.3 Å². The van der Waals surface area contributed by atoms with Crippen molar-refractivity contribution in [1.82, 2.24) is 0 Å². The smallest absolute Gasteiger partial charge is 0.386 e. The third-order valence-electron chi connectivity index (χ3n) is 3.43. The van der Waals surface area contributed by atoms with Crippen molar-refractivity contribution >= 4 is 25.7 Å². The van der Waals surface area contributed by atoms with Crippen LogP contribution >= 0.6 is 0 Å². The number of benzene rings is 2. The molecule has 0 atom stereocenters. The van der Waals surface area contributed by atoms with E-state index in [1.165, 1.54) is 14.2 Å². The predicted molar refractivity (Wildman–Crippen MR) is 87.6 cm³/mol. The molecule has 0 saturated heterocycles. The average Bonchev–Trinajstić information content (AvgIpc) is 2.93. The van der Waals surface area contributed by atoms with Crippen LogP contribution in [0.25, 0.3) is 0 Å². The Morgan fingerprint density at radius 1 is 0.875 bits per heavy atom. The number of esters is 2. The first-order valence-corrected chi connectivity index (χ1v) is 8.82. The summed E-state index contributed by atoms with van der Waals surface area (Å²) in [6.07, 6.45) is 0. The standard InChI is InChI=1S/C9H11NO2Si.C8H4O3/c1-11-13(8-10,12-2)9-6-4-3-5-7-9;9-7-5-3-1-2-4-6(5)8(10)11-7/h3-7H,1-2H3;1-4H. The maximum absolute atomic E-state index is 10.8. The topological polar surface area (TPSA) is 85.6 Å². The van der Waals surface area contributed by atoms with Gasteiger partial charge in [-0.2, -0.15) is 0 Å². The fourth-order valence-electron chi connectivity index (χ4n) is 2.17. The number of hydrogen-bond acceptors (Lipinski definition) is 6. The van der Waals surface area contributed by atoms with Gasteiger partial charge in [-0.15, -0.1) is 0 Å². The van der Waals surface area contributed by atoms with Crippen LogP contribution in [0.4, 0.5) is 0 Å². The maximum atomic E-state index is 10.8. The second-order valence-electron chi connectivity index (χ2n) is 4.73. The van der Waals surface area contributed by atoms with Crippen molar-refractivity contribution in [3.8, 4) is 5.69 Å². The van der Waals surface area contributed by atoms with Crippen LogP contribution < -0.4 is 5.19 Å². The van der Waals surface area contributed by atoms with Crippen LogP contribution in [-0.4, -0.2) is 34.7 Å². The van der Waals surface area contributed by atoms with E-state index in [2.05, 4.69) is 10.4 Å². The monoisotopic (exact) mass is 341 g/mol. The Labute approximate surface area is 140 Å². The highest BCUT2D eigenvalue weighted by Gasteiger charge is 2.39. The van der Waals surface area contributed by atoms with E-state index in [4.69, 9.17) is 14.1 Å². The zero-order valence-electron chi connectivity index (χ0n) is 13.2. The van der Waals surface area contributed by atoms with Crippen LogP contribution in [0.5, 0.6) is 0 Å². The quantitative estimate of drug-likeness (QED) is 0.480. The number of carbonyl (C=O) groups excluding carboxylic acids is 2. The van der Waals surface area contributed by atoms with E-state index in [0.29, 0.717) is 11.1 Å². The molecule has 0 N–H and O–H groups in total. The molecule has 0 unspecified atom stereocenters. The number of hydrogen-bond donors (Lipinski definition) is 0. The van der Waals surface area contributed by atoms with Gasteiger partial charge in [-0.05, 0) is 12.1 Å². The lowest BCUT2D eigenvalue weighted by Gasteiger charge is -2.18. The van der Waals surface area contributed by atoms with Crippen LogP contribution in [0.15, 0.2) is 54.6 Å². The van der Waals surface area contributed by atoms with Gasteiger partial charge in [0.1, 0.15) is 5.69 Å². The van der Waals surface area contributed by atoms with Gasteiger partial charge in [0.15, 0.2) is 0 Å². The second kappa shape index (κ2) is 7.65. The van der Waals surface area contributed by atoms with Gasteiger partial charge in [0.2, 0.25) is 0 Å². The first-order chi connectivity index (χ1) is 11.6. The predicted octanol–water partition coefficient (Wildman–Crippen LogP) is 1.69. The lowest BCUT2D eigenvalue weighted by Crippen LogP contribution is -2.51. The largest absolute Gasteiger partial charge is 0.486 e. The highest BCUT2D eigenvalue weighted by Crippen LogP contribution is 2.18. The Hall–Kier alpha value is -2.79. The van der Waals surface area contributed by atoms with Gasteiger partial charge in [-0.25, -0.2) is 14.9 Å². The van der Waals surface area contributed by atoms with E-state index in [9.17, 15) is 9.59 Å². The summed E-state index contributed by atoms with van der Waals surface area (Å²) in [5.74, 6) is -1.10. The summed E-state index contributed by atoms with van der Waals surface area (Å²) in [4.78, 5) is 21.7. The second-order valence-corrected chi connectivity index (χ2v) is 7.58. The molecule has 0 fully saturated rings. The molecule has 0 bridgehead atoms. The fourth-order valence-corrected chi connectivity index (χ4v) is 3.75. The van der Waals surface area contributed by atoms with Gasteiger partial charge < -0.3 is 13.6 Å². The molecule has 1 aliphatic heterocycles. The molecule has 2 aromatic carbocycles. The molecule has 0 radical (unpaired) electrons. The van der Waals surface area contributed by atoms with Crippen molar-refractivity contribution in [3.63, 3.8) is 0 Å². The average molecular weight is 341 g/mol. The first kappa shape index (κ1) is 17.6. The van der Waals surface area contributed by atoms with Crippen molar-refractivity contribution in [3.05, 3.63) is 65.7 Å². The third-order valence-corrected chi connectivity index (χ3v) is 5.97. The van der Waals surface area contributed by atoms with Crippen molar-refractivity contribution in [2.75, 3.05) is 14.2 Å². The minimum atomic E-state index is -2.79. The molecule has 1 aliphatic rings. The fraction of sp³-hybridized carbons (Fsp3) is 0.118. The molecule has 0 spiro atoms. The van der Waals surface area contributed by atoms with E-state index in [0.717, 1.165) is 5.19 Å². The summed E-state index contributed by atoms with van der Waals surface area (Å²) in [5, 5.41) is 9.83. The van der Waals surface area contributed by atoms with Gasteiger partial charge in [0.25, 0.3) is 0 Å². The van der Waals surface area contributed by atoms with Crippen LogP contribution in [0, 0.1) is 11.0 Å². The summed E-state index contributed by atoms with van der Waals surface area (Å²) in [5.41, 5.74) is 2.84. The minimum absolute atomic E-state index is 0.359. The van der Waals surface area contributed by atoms with Crippen LogP contribution in [0.2, 0.25) is 0 Å². The first-order valence-electron chi connectivity index (χ1n) is 7.00. The summed E-state index contributed by atoms with van der Waals surface area (Å²) in [6.45, 7) is 0. The Balaban J connectivity index is 0.000000175. The highest BCUT2D eigenvalue weighted by molar-refractivity contribution is 6.87. The zero-order valence-corrected chi connectivity index (χ0v) is 14.2. The van der Waals surface area contributed by atoms with Crippen LogP contribution in [0.3, 0.4) is 0 Å². The van der Waals surface area contributed by atoms with Gasteiger partial charge in [-0.3, -0.25) is 0 Å². The van der Waals surface area contributed by atoms with Crippen LogP contribution in [-0.2, 0) is 13.6 Å². The summed E-state index contributed by atoms with van der Waals surface area (Å²) >= 11 is 0. The van der Waals surface area contributed by atoms with Crippen molar-refractivity contribution in [2.45, 2.75) is 0 Å². The molecule has 0 aliphatic carbocycles. The molecule has 122 valence electrons. The summed E-state index contributed by atoms with van der Waals surface area (Å²) in [6, 6.07) is 15.9. The van der Waals surface area contributed by atoms with Gasteiger partial charge in [0.05, 0.1) is 11.1 Å². The number of nitrogens with zero attached hydrogens (tertiary/aromatic N) is 1. The lowest BCUT2D eigenvalue weighted by molar-refractivity contribution is 0.0444. The van der Waals surface area contributed by atoms with E-state index in [1.54, 1.807) is 24.3 Å². The molecule has 2 aromatic rings. The number of carbonyl (C=O) groups is 2. The Kier molecular flexibility index (Phi) is 5.60. The lowest BCUT2D eigenvalue weighted by atomic mass is 10.1. The normalized spacial score (nSPS) is 12.5. The molecule has 6 nitrogen and oxygen atoms in total. The van der Waals surface area contributed by atoms with E-state index in [-0.39, 0.29) is 0 Å². The van der Waals surface area contributed by atoms with Crippen molar-refractivity contribution in [1.29, 1.82) is 5.26 Å². The molecule has 0 saturated carbocycles. The molecule has 0 aromatic heterocycles. The van der Waals surface area contributed by atoms with Gasteiger partial charge in [0, 0.05) is 19.4 Å². The molecule has 3 rings (SSSR count). The zero-order chi connectivity index (χ0) is 17.6. The Bertz CT molecular complexity index is 748. The maximum Gasteiger partial charge on any atom is 0.486 e. The molecule has 24 heavy (non-hydrogen) atoms. The van der Waals surface area contributed by atoms with Crippen LogP contribution in [0.1, 0.15) is 20.7 Å².